The van der Waals surface area contributed by atoms with E-state index in [0.717, 1.165) is 30.8 Å². The molecule has 1 N–H and O–H groups in total. The van der Waals surface area contributed by atoms with E-state index >= 15 is 0 Å². The zero-order valence-electron chi connectivity index (χ0n) is 12.7. The Morgan fingerprint density at radius 1 is 0.950 bits per heavy atom. The first-order valence-electron chi connectivity index (χ1n) is 8.74. The van der Waals surface area contributed by atoms with E-state index in [1.807, 2.05) is 0 Å². The third-order valence-electron chi connectivity index (χ3n) is 6.13. The Labute approximate surface area is 123 Å². The predicted octanol–water partition coefficient (Wildman–Crippen LogP) is 2.50. The highest BCUT2D eigenvalue weighted by atomic mass is 15.1. The van der Waals surface area contributed by atoms with Crippen molar-refractivity contribution in [1.29, 1.82) is 0 Å². The fraction of sp³-hybridized carbons (Fsp3) is 0.889. The minimum atomic E-state index is 0.443. The molecule has 0 atom stereocenters. The third kappa shape index (κ3) is 2.63. The molecule has 5 fully saturated rings. The molecule has 1 heterocycles. The highest BCUT2D eigenvalue weighted by Gasteiger charge is 2.50. The van der Waals surface area contributed by atoms with Gasteiger partial charge >= 0.3 is 0 Å². The predicted molar refractivity (Wildman–Crippen MR) is 82.3 cm³/mol. The summed E-state index contributed by atoms with van der Waals surface area (Å²) in [6, 6.07) is 0. The molecule has 110 valence electrons. The lowest BCUT2D eigenvalue weighted by atomic mass is 9.50. The van der Waals surface area contributed by atoms with Gasteiger partial charge in [0.1, 0.15) is 0 Å². The number of nitrogens with zero attached hydrogens (tertiary/aromatic N) is 1. The molecule has 0 unspecified atom stereocenters. The average molecular weight is 272 g/mol. The molecule has 5 rings (SSSR count). The summed E-state index contributed by atoms with van der Waals surface area (Å²) in [5.74, 6) is 10.4. The zero-order valence-corrected chi connectivity index (χ0v) is 12.7. The van der Waals surface area contributed by atoms with Crippen molar-refractivity contribution in [1.82, 2.24) is 10.2 Å². The minimum Gasteiger partial charge on any atom is -0.315 e. The van der Waals surface area contributed by atoms with Crippen LogP contribution in [0.15, 0.2) is 0 Å². The monoisotopic (exact) mass is 272 g/mol. The molecule has 0 amide bonds. The molecule has 1 aliphatic heterocycles. The Morgan fingerprint density at radius 3 is 2.35 bits per heavy atom. The van der Waals surface area contributed by atoms with Gasteiger partial charge in [0.2, 0.25) is 0 Å². The molecular weight excluding hydrogens is 244 g/mol. The van der Waals surface area contributed by atoms with E-state index < -0.39 is 0 Å². The van der Waals surface area contributed by atoms with Crippen molar-refractivity contribution in [3.8, 4) is 11.8 Å². The van der Waals surface area contributed by atoms with E-state index in [0.29, 0.717) is 5.41 Å². The van der Waals surface area contributed by atoms with Gasteiger partial charge < -0.3 is 5.32 Å². The Morgan fingerprint density at radius 2 is 1.65 bits per heavy atom. The van der Waals surface area contributed by atoms with Crippen molar-refractivity contribution in [2.45, 2.75) is 44.9 Å². The van der Waals surface area contributed by atoms with Gasteiger partial charge in [0.15, 0.2) is 0 Å². The van der Waals surface area contributed by atoms with E-state index in [1.165, 1.54) is 64.6 Å². The summed E-state index contributed by atoms with van der Waals surface area (Å²) in [5.41, 5.74) is 0.443. The van der Waals surface area contributed by atoms with Gasteiger partial charge in [-0.25, -0.2) is 0 Å². The van der Waals surface area contributed by atoms with Crippen LogP contribution in [0.4, 0.5) is 0 Å². The fourth-order valence-electron chi connectivity index (χ4n) is 5.66. The lowest BCUT2D eigenvalue weighted by Crippen LogP contribution is -2.45. The summed E-state index contributed by atoms with van der Waals surface area (Å²) in [6.45, 7) is 5.72. The Bertz CT molecular complexity index is 374. The van der Waals surface area contributed by atoms with Crippen LogP contribution in [0, 0.1) is 35.0 Å². The van der Waals surface area contributed by atoms with Crippen LogP contribution in [0.1, 0.15) is 44.9 Å². The first kappa shape index (κ1) is 13.2. The molecule has 4 saturated carbocycles. The Hall–Kier alpha value is -0.520. The molecule has 5 aliphatic rings. The number of nitrogens with one attached hydrogen (secondary N) is 1. The number of rotatable bonds is 1. The average Bonchev–Trinajstić information content (AvgIpc) is 2.65. The van der Waals surface area contributed by atoms with Crippen molar-refractivity contribution in [2.75, 3.05) is 32.7 Å². The summed E-state index contributed by atoms with van der Waals surface area (Å²) in [5, 5.41) is 3.47. The van der Waals surface area contributed by atoms with E-state index in [9.17, 15) is 0 Å². The van der Waals surface area contributed by atoms with Gasteiger partial charge in [-0.1, -0.05) is 11.8 Å². The molecule has 0 aromatic rings. The Kier molecular flexibility index (Phi) is 3.52. The van der Waals surface area contributed by atoms with Crippen molar-refractivity contribution >= 4 is 0 Å². The van der Waals surface area contributed by atoms with Crippen LogP contribution < -0.4 is 5.32 Å². The molecule has 0 spiro atoms. The highest BCUT2D eigenvalue weighted by molar-refractivity contribution is 5.19. The van der Waals surface area contributed by atoms with Gasteiger partial charge in [-0.05, 0) is 69.2 Å². The van der Waals surface area contributed by atoms with Crippen LogP contribution in [-0.2, 0) is 0 Å². The molecule has 20 heavy (non-hydrogen) atoms. The topological polar surface area (TPSA) is 15.3 Å². The van der Waals surface area contributed by atoms with Gasteiger partial charge in [-0.15, -0.1) is 0 Å². The molecule has 0 radical (unpaired) electrons. The lowest BCUT2D eigenvalue weighted by Gasteiger charge is -2.54. The molecule has 4 aliphatic carbocycles. The summed E-state index contributed by atoms with van der Waals surface area (Å²) >= 11 is 0. The van der Waals surface area contributed by atoms with Gasteiger partial charge in [-0.2, -0.15) is 0 Å². The first-order chi connectivity index (χ1) is 9.81. The molecule has 1 saturated heterocycles. The van der Waals surface area contributed by atoms with Crippen molar-refractivity contribution in [3.63, 3.8) is 0 Å². The standard InChI is InChI=1S/C18H28N2/c1(6-20-7-2-4-19-5-8-20)3-18-12-15-9-16(13-18)11-17(10-15)14-18/h15-17,19H,2,4-14H2. The van der Waals surface area contributed by atoms with Crippen LogP contribution in [0.3, 0.4) is 0 Å². The van der Waals surface area contributed by atoms with Crippen LogP contribution in [0.5, 0.6) is 0 Å². The normalized spacial score (nSPS) is 43.9. The lowest BCUT2D eigenvalue weighted by molar-refractivity contribution is -0.0182. The minimum absolute atomic E-state index is 0.443. The molecular formula is C18H28N2. The summed E-state index contributed by atoms with van der Waals surface area (Å²) in [6.07, 6.45) is 10.1. The summed E-state index contributed by atoms with van der Waals surface area (Å²) in [7, 11) is 0. The maximum atomic E-state index is 3.78. The van der Waals surface area contributed by atoms with Crippen LogP contribution in [0.25, 0.3) is 0 Å². The van der Waals surface area contributed by atoms with Crippen molar-refractivity contribution < 1.29 is 0 Å². The second-order valence-electron chi connectivity index (χ2n) is 7.88. The van der Waals surface area contributed by atoms with Gasteiger partial charge in [0, 0.05) is 25.0 Å². The van der Waals surface area contributed by atoms with Crippen molar-refractivity contribution in [2.24, 2.45) is 23.2 Å². The van der Waals surface area contributed by atoms with Gasteiger partial charge in [0.05, 0.1) is 6.54 Å². The largest absolute Gasteiger partial charge is 0.315 e. The van der Waals surface area contributed by atoms with E-state index in [1.54, 1.807) is 0 Å². The zero-order chi connectivity index (χ0) is 13.4. The van der Waals surface area contributed by atoms with Crippen LogP contribution in [0.2, 0.25) is 0 Å². The number of hydrogen-bond acceptors (Lipinski definition) is 2. The maximum absolute atomic E-state index is 3.78. The molecule has 0 aromatic heterocycles. The van der Waals surface area contributed by atoms with Crippen LogP contribution in [-0.4, -0.2) is 37.6 Å². The molecule has 0 aromatic carbocycles. The van der Waals surface area contributed by atoms with E-state index in [2.05, 4.69) is 22.1 Å². The summed E-state index contributed by atoms with van der Waals surface area (Å²) < 4.78 is 0. The van der Waals surface area contributed by atoms with E-state index in [-0.39, 0.29) is 0 Å². The SMILES string of the molecule is C(#CC12CC3CC(CC(C3)C1)C2)CN1CCCNCC1. The van der Waals surface area contributed by atoms with Crippen LogP contribution >= 0.6 is 0 Å². The second kappa shape index (κ2) is 5.35. The summed E-state index contributed by atoms with van der Waals surface area (Å²) in [4.78, 5) is 2.54. The molecule has 2 nitrogen and oxygen atoms in total. The van der Waals surface area contributed by atoms with Gasteiger partial charge in [-0.3, -0.25) is 4.90 Å². The van der Waals surface area contributed by atoms with Gasteiger partial charge in [0.25, 0.3) is 0 Å². The van der Waals surface area contributed by atoms with Crippen molar-refractivity contribution in [3.05, 3.63) is 0 Å². The second-order valence-corrected chi connectivity index (χ2v) is 7.88. The quantitative estimate of drug-likeness (QED) is 0.738. The molecule has 4 bridgehead atoms. The maximum Gasteiger partial charge on any atom is 0.0602 e. The Balaban J connectivity index is 1.40. The fourth-order valence-corrected chi connectivity index (χ4v) is 5.66. The first-order valence-corrected chi connectivity index (χ1v) is 8.74. The third-order valence-corrected chi connectivity index (χ3v) is 6.13. The highest BCUT2D eigenvalue weighted by Crippen LogP contribution is 2.59. The number of hydrogen-bond donors (Lipinski definition) is 1. The van der Waals surface area contributed by atoms with E-state index in [4.69, 9.17) is 0 Å². The smallest absolute Gasteiger partial charge is 0.0602 e. The molecule has 2 heteroatoms.